The van der Waals surface area contributed by atoms with E-state index in [1.807, 2.05) is 18.2 Å². The Labute approximate surface area is 205 Å². The Bertz CT molecular complexity index is 1470. The number of benzene rings is 2. The fourth-order valence-electron chi connectivity index (χ4n) is 4.32. The average Bonchev–Trinajstić information content (AvgIpc) is 3.15. The van der Waals surface area contributed by atoms with E-state index < -0.39 is 23.2 Å². The normalized spacial score (nSPS) is 15.0. The van der Waals surface area contributed by atoms with Crippen molar-refractivity contribution in [3.63, 3.8) is 0 Å². The van der Waals surface area contributed by atoms with Crippen LogP contribution in [0.4, 0.5) is 10.2 Å². The van der Waals surface area contributed by atoms with Gasteiger partial charge in [-0.15, -0.1) is 0 Å². The lowest BCUT2D eigenvalue weighted by molar-refractivity contribution is 0.0970. The average molecular weight is 493 g/mol. The Balaban J connectivity index is 1.67. The minimum atomic E-state index is -0.839. The van der Waals surface area contributed by atoms with Crippen LogP contribution in [0.2, 0.25) is 5.02 Å². The predicted octanol–water partition coefficient (Wildman–Crippen LogP) is 6.30. The van der Waals surface area contributed by atoms with Crippen LogP contribution in [0.25, 0.3) is 11.0 Å². The van der Waals surface area contributed by atoms with E-state index in [4.69, 9.17) is 20.8 Å². The molecule has 8 heteroatoms. The molecule has 0 saturated heterocycles. The SMILES string of the molecule is CCCCCOc1cccc(C2c3c(oc4ccc(F)cc4c3=O)C(=O)N2c2ccc(Cl)cn2)c1. The summed E-state index contributed by atoms with van der Waals surface area (Å²) in [5.41, 5.74) is 0.448. The van der Waals surface area contributed by atoms with Crippen molar-refractivity contribution in [2.24, 2.45) is 0 Å². The Hall–Kier alpha value is -3.71. The molecule has 6 nitrogen and oxygen atoms in total. The highest BCUT2D eigenvalue weighted by Crippen LogP contribution is 2.41. The highest BCUT2D eigenvalue weighted by atomic mass is 35.5. The van der Waals surface area contributed by atoms with Crippen LogP contribution >= 0.6 is 11.6 Å². The maximum absolute atomic E-state index is 14.0. The Morgan fingerprint density at radius 2 is 1.97 bits per heavy atom. The van der Waals surface area contributed by atoms with Gasteiger partial charge in [-0.1, -0.05) is 43.5 Å². The number of pyridine rings is 1. The van der Waals surface area contributed by atoms with Gasteiger partial charge in [0, 0.05) is 6.20 Å². The van der Waals surface area contributed by atoms with Crippen molar-refractivity contribution in [3.8, 4) is 5.75 Å². The van der Waals surface area contributed by atoms with Gasteiger partial charge in [-0.05, 0) is 54.4 Å². The summed E-state index contributed by atoms with van der Waals surface area (Å²) < 4.78 is 25.7. The van der Waals surface area contributed by atoms with E-state index in [2.05, 4.69) is 11.9 Å². The lowest BCUT2D eigenvalue weighted by atomic mass is 9.98. The van der Waals surface area contributed by atoms with Crippen molar-refractivity contribution < 1.29 is 18.3 Å². The zero-order valence-electron chi connectivity index (χ0n) is 19.0. The molecule has 5 rings (SSSR count). The molecule has 2 aromatic heterocycles. The summed E-state index contributed by atoms with van der Waals surface area (Å²) in [4.78, 5) is 32.9. The van der Waals surface area contributed by atoms with Crippen LogP contribution < -0.4 is 15.1 Å². The standard InChI is InChI=1S/C27H22ClFN2O4/c1-2-3-4-12-34-19-7-5-6-16(13-19)24-23-25(32)20-14-18(29)9-10-21(20)35-26(23)27(33)31(24)22-11-8-17(28)15-30-22/h5-11,13-15,24H,2-4,12H2,1H3. The molecule has 35 heavy (non-hydrogen) atoms. The molecular weight excluding hydrogens is 471 g/mol. The number of carbonyl (C=O) groups excluding carboxylic acids is 1. The number of hydrogen-bond acceptors (Lipinski definition) is 5. The van der Waals surface area contributed by atoms with E-state index in [-0.39, 0.29) is 22.3 Å². The number of halogens is 2. The van der Waals surface area contributed by atoms with E-state index in [1.54, 1.807) is 18.2 Å². The van der Waals surface area contributed by atoms with Gasteiger partial charge in [0.15, 0.2) is 5.43 Å². The molecule has 1 unspecified atom stereocenters. The van der Waals surface area contributed by atoms with E-state index in [0.717, 1.165) is 25.3 Å². The number of nitrogens with zero attached hydrogens (tertiary/aromatic N) is 2. The first-order valence-electron chi connectivity index (χ1n) is 11.4. The quantitative estimate of drug-likeness (QED) is 0.283. The third-order valence-electron chi connectivity index (χ3n) is 5.98. The van der Waals surface area contributed by atoms with Crippen LogP contribution in [-0.2, 0) is 0 Å². The first-order chi connectivity index (χ1) is 17.0. The molecule has 0 radical (unpaired) electrons. The summed E-state index contributed by atoms with van der Waals surface area (Å²) in [6.07, 6.45) is 4.49. The first kappa shape index (κ1) is 23.1. The molecule has 4 aromatic rings. The van der Waals surface area contributed by atoms with E-state index in [0.29, 0.717) is 28.8 Å². The van der Waals surface area contributed by atoms with Gasteiger partial charge in [-0.3, -0.25) is 14.5 Å². The van der Waals surface area contributed by atoms with Crippen LogP contribution in [0.3, 0.4) is 0 Å². The highest BCUT2D eigenvalue weighted by Gasteiger charge is 2.44. The smallest absolute Gasteiger partial charge is 0.296 e. The molecule has 0 N–H and O–H groups in total. The van der Waals surface area contributed by atoms with Crippen LogP contribution in [0.1, 0.15) is 53.9 Å². The second-order valence-electron chi connectivity index (χ2n) is 8.35. The number of unbranched alkanes of at least 4 members (excludes halogenated alkanes) is 2. The molecule has 0 aliphatic carbocycles. The molecule has 3 heterocycles. The molecule has 1 aliphatic heterocycles. The number of amides is 1. The fraction of sp³-hybridized carbons (Fsp3) is 0.222. The second-order valence-corrected chi connectivity index (χ2v) is 8.79. The summed E-state index contributed by atoms with van der Waals surface area (Å²) in [6.45, 7) is 2.68. The maximum Gasteiger partial charge on any atom is 0.296 e. The van der Waals surface area contributed by atoms with Crippen molar-refractivity contribution in [3.05, 3.63) is 98.7 Å². The van der Waals surface area contributed by atoms with Gasteiger partial charge in [-0.25, -0.2) is 9.37 Å². The Morgan fingerprint density at radius 1 is 1.11 bits per heavy atom. The number of rotatable bonds is 7. The molecule has 2 aromatic carbocycles. The van der Waals surface area contributed by atoms with Crippen molar-refractivity contribution >= 4 is 34.3 Å². The molecule has 1 atom stereocenters. The van der Waals surface area contributed by atoms with Gasteiger partial charge >= 0.3 is 0 Å². The van der Waals surface area contributed by atoms with Gasteiger partial charge < -0.3 is 9.15 Å². The largest absolute Gasteiger partial charge is 0.494 e. The van der Waals surface area contributed by atoms with Gasteiger partial charge in [0.2, 0.25) is 5.76 Å². The number of fused-ring (bicyclic) bond motifs is 2. The zero-order chi connectivity index (χ0) is 24.5. The summed E-state index contributed by atoms with van der Waals surface area (Å²) in [6, 6.07) is 13.3. The lowest BCUT2D eigenvalue weighted by Gasteiger charge is -2.24. The topological polar surface area (TPSA) is 72.6 Å². The summed E-state index contributed by atoms with van der Waals surface area (Å²) in [5.74, 6) is -0.244. The van der Waals surface area contributed by atoms with Gasteiger partial charge in [0.1, 0.15) is 23.0 Å². The van der Waals surface area contributed by atoms with Crippen LogP contribution in [-0.4, -0.2) is 17.5 Å². The lowest BCUT2D eigenvalue weighted by Crippen LogP contribution is -2.30. The third-order valence-corrected chi connectivity index (χ3v) is 6.20. The number of carbonyl (C=O) groups is 1. The molecule has 178 valence electrons. The van der Waals surface area contributed by atoms with Crippen LogP contribution in [0, 0.1) is 5.82 Å². The molecule has 0 bridgehead atoms. The second kappa shape index (κ2) is 9.50. The molecular formula is C27H22ClFN2O4. The molecule has 0 saturated carbocycles. The number of aromatic nitrogens is 1. The first-order valence-corrected chi connectivity index (χ1v) is 11.8. The third kappa shape index (κ3) is 4.28. The number of hydrogen-bond donors (Lipinski definition) is 0. The fourth-order valence-corrected chi connectivity index (χ4v) is 4.44. The molecule has 0 fully saturated rings. The number of ether oxygens (including phenoxy) is 1. The minimum absolute atomic E-state index is 0.0689. The van der Waals surface area contributed by atoms with Crippen LogP contribution in [0.15, 0.2) is 70.0 Å². The van der Waals surface area contributed by atoms with E-state index >= 15 is 0 Å². The van der Waals surface area contributed by atoms with Crippen LogP contribution in [0.5, 0.6) is 5.75 Å². The molecule has 0 spiro atoms. The van der Waals surface area contributed by atoms with Gasteiger partial charge in [-0.2, -0.15) is 0 Å². The summed E-state index contributed by atoms with van der Waals surface area (Å²) >= 11 is 6.01. The van der Waals surface area contributed by atoms with Crippen molar-refractivity contribution in [1.29, 1.82) is 0 Å². The highest BCUT2D eigenvalue weighted by molar-refractivity contribution is 6.30. The van der Waals surface area contributed by atoms with Gasteiger partial charge in [0.25, 0.3) is 5.91 Å². The van der Waals surface area contributed by atoms with Gasteiger partial charge in [0.05, 0.1) is 28.6 Å². The van der Waals surface area contributed by atoms with Crippen molar-refractivity contribution in [2.75, 3.05) is 11.5 Å². The molecule has 1 aliphatic rings. The maximum atomic E-state index is 14.0. The Kier molecular flexibility index (Phi) is 6.26. The zero-order valence-corrected chi connectivity index (χ0v) is 19.7. The predicted molar refractivity (Wildman–Crippen MR) is 132 cm³/mol. The van der Waals surface area contributed by atoms with E-state index in [1.165, 1.54) is 23.2 Å². The van der Waals surface area contributed by atoms with Crippen molar-refractivity contribution in [2.45, 2.75) is 32.2 Å². The van der Waals surface area contributed by atoms with Crippen molar-refractivity contribution in [1.82, 2.24) is 4.98 Å². The summed E-state index contributed by atoms with van der Waals surface area (Å²) in [7, 11) is 0. The number of anilines is 1. The Morgan fingerprint density at radius 3 is 2.74 bits per heavy atom. The minimum Gasteiger partial charge on any atom is -0.494 e. The molecule has 1 amide bonds. The summed E-state index contributed by atoms with van der Waals surface area (Å²) in [5, 5.41) is 0.479. The van der Waals surface area contributed by atoms with E-state index in [9.17, 15) is 14.0 Å². The monoisotopic (exact) mass is 492 g/mol.